The number of carbonyl (C=O) groups excluding carboxylic acids is 1. The third-order valence-corrected chi connectivity index (χ3v) is 5.40. The molecule has 1 unspecified atom stereocenters. The lowest BCUT2D eigenvalue weighted by Crippen LogP contribution is -2.13. The van der Waals surface area contributed by atoms with Crippen molar-refractivity contribution in [3.05, 3.63) is 40.3 Å². The molecule has 1 aromatic carbocycles. The van der Waals surface area contributed by atoms with Gasteiger partial charge in [-0.3, -0.25) is 9.89 Å². The maximum absolute atomic E-state index is 12.3. The molecule has 9 heteroatoms. The van der Waals surface area contributed by atoms with E-state index in [0.717, 1.165) is 17.0 Å². The van der Waals surface area contributed by atoms with Crippen molar-refractivity contribution < 1.29 is 9.53 Å². The highest BCUT2D eigenvalue weighted by atomic mass is 32.2. The number of aromatic nitrogens is 4. The number of benzene rings is 1. The molecule has 132 valence electrons. The van der Waals surface area contributed by atoms with Crippen LogP contribution in [0.3, 0.4) is 0 Å². The molecule has 1 N–H and O–H groups in total. The average molecular weight is 385 g/mol. The highest BCUT2D eigenvalue weighted by Gasteiger charge is 2.23. The second kappa shape index (κ2) is 8.12. The Kier molecular flexibility index (Phi) is 5.65. The maximum Gasteiger partial charge on any atom is 0.209 e. The molecule has 0 aliphatic rings. The first-order valence-corrected chi connectivity index (χ1v) is 9.51. The Morgan fingerprint density at radius 2 is 2.15 bits per heavy atom. The van der Waals surface area contributed by atoms with Crippen LogP contribution in [0.15, 0.2) is 34.8 Å². The van der Waals surface area contributed by atoms with Crippen LogP contribution in [0.4, 0.5) is 0 Å². The van der Waals surface area contributed by atoms with Crippen molar-refractivity contribution in [2.75, 3.05) is 12.9 Å². The Labute approximate surface area is 158 Å². The van der Waals surface area contributed by atoms with Crippen LogP contribution in [0, 0.1) is 18.3 Å². The van der Waals surface area contributed by atoms with E-state index in [0.29, 0.717) is 16.0 Å². The van der Waals surface area contributed by atoms with E-state index in [1.165, 1.54) is 23.1 Å². The summed E-state index contributed by atoms with van der Waals surface area (Å²) in [5.41, 5.74) is 1.67. The molecule has 0 aliphatic heterocycles. The Balaban J connectivity index is 1.63. The lowest BCUT2D eigenvalue weighted by molar-refractivity contribution is -0.116. The van der Waals surface area contributed by atoms with Crippen molar-refractivity contribution in [3.8, 4) is 23.2 Å². The van der Waals surface area contributed by atoms with Crippen molar-refractivity contribution in [3.63, 3.8) is 0 Å². The van der Waals surface area contributed by atoms with E-state index in [2.05, 4.69) is 20.2 Å². The lowest BCUT2D eigenvalue weighted by Gasteiger charge is -2.03. The zero-order valence-corrected chi connectivity index (χ0v) is 15.7. The normalized spacial score (nSPS) is 11.7. The zero-order valence-electron chi connectivity index (χ0n) is 14.1. The quantitative estimate of drug-likeness (QED) is 0.623. The Hall–Kier alpha value is -2.70. The van der Waals surface area contributed by atoms with Crippen LogP contribution in [0.25, 0.3) is 11.4 Å². The summed E-state index contributed by atoms with van der Waals surface area (Å²) >= 11 is 2.52. The number of aryl methyl sites for hydroxylation is 1. The topological polar surface area (TPSA) is 105 Å². The minimum Gasteiger partial charge on any atom is -0.497 e. The van der Waals surface area contributed by atoms with Crippen molar-refractivity contribution in [1.82, 2.24) is 20.2 Å². The lowest BCUT2D eigenvalue weighted by atomic mass is 10.1. The fourth-order valence-corrected chi connectivity index (χ4v) is 3.74. The van der Waals surface area contributed by atoms with Gasteiger partial charge in [0.2, 0.25) is 5.16 Å². The summed E-state index contributed by atoms with van der Waals surface area (Å²) in [4.78, 5) is 21.0. The smallest absolute Gasteiger partial charge is 0.209 e. The number of nitrogens with zero attached hydrogens (tertiary/aromatic N) is 4. The molecule has 3 aromatic rings. The number of Topliss-reactive ketones (excluding diaryl/α,β-unsaturated/α-hetero) is 1. The van der Waals surface area contributed by atoms with E-state index in [9.17, 15) is 10.1 Å². The Bertz CT molecular complexity index is 943. The third kappa shape index (κ3) is 4.09. The second-order valence-electron chi connectivity index (χ2n) is 5.34. The first-order valence-electron chi connectivity index (χ1n) is 7.64. The zero-order chi connectivity index (χ0) is 18.5. The van der Waals surface area contributed by atoms with E-state index in [1.54, 1.807) is 7.11 Å². The van der Waals surface area contributed by atoms with Crippen LogP contribution in [-0.4, -0.2) is 38.8 Å². The van der Waals surface area contributed by atoms with E-state index >= 15 is 0 Å². The monoisotopic (exact) mass is 385 g/mol. The standard InChI is InChI=1S/C17H15N5O2S2/c1-10-8-25-16(19-10)13(7-18)14(23)9-26-17-20-15(21-22-17)11-3-5-12(24-2)6-4-11/h3-6,8,13H,9H2,1-2H3,(H,20,21,22). The summed E-state index contributed by atoms with van der Waals surface area (Å²) < 4.78 is 5.13. The highest BCUT2D eigenvalue weighted by molar-refractivity contribution is 7.99. The number of thioether (sulfide) groups is 1. The molecular weight excluding hydrogens is 370 g/mol. The summed E-state index contributed by atoms with van der Waals surface area (Å²) in [6, 6.07) is 9.45. The molecule has 26 heavy (non-hydrogen) atoms. The molecule has 2 heterocycles. The van der Waals surface area contributed by atoms with Gasteiger partial charge < -0.3 is 4.74 Å². The number of hydrogen-bond acceptors (Lipinski definition) is 8. The van der Waals surface area contributed by atoms with Gasteiger partial charge in [-0.1, -0.05) is 11.8 Å². The molecule has 0 saturated heterocycles. The minimum absolute atomic E-state index is 0.108. The van der Waals surface area contributed by atoms with Crippen LogP contribution < -0.4 is 4.74 Å². The predicted molar refractivity (Wildman–Crippen MR) is 99.3 cm³/mol. The fourth-order valence-electron chi connectivity index (χ4n) is 2.18. The SMILES string of the molecule is COc1ccc(-c2nc(SCC(=O)C(C#N)c3nc(C)cs3)n[nH]2)cc1. The van der Waals surface area contributed by atoms with Gasteiger partial charge in [0, 0.05) is 16.6 Å². The van der Waals surface area contributed by atoms with Crippen molar-refractivity contribution in [2.45, 2.75) is 18.0 Å². The number of methoxy groups -OCH3 is 1. The second-order valence-corrected chi connectivity index (χ2v) is 7.17. The Morgan fingerprint density at radius 3 is 2.77 bits per heavy atom. The number of rotatable bonds is 7. The van der Waals surface area contributed by atoms with E-state index in [-0.39, 0.29) is 11.5 Å². The summed E-state index contributed by atoms with van der Waals surface area (Å²) in [6.45, 7) is 1.84. The van der Waals surface area contributed by atoms with Crippen molar-refractivity contribution in [2.24, 2.45) is 0 Å². The number of nitriles is 1. The van der Waals surface area contributed by atoms with Crippen molar-refractivity contribution >= 4 is 28.9 Å². The molecule has 1 atom stereocenters. The number of thiazole rings is 1. The van der Waals surface area contributed by atoms with Gasteiger partial charge in [0.1, 0.15) is 10.8 Å². The number of aromatic amines is 1. The van der Waals surface area contributed by atoms with Gasteiger partial charge in [-0.15, -0.1) is 16.4 Å². The van der Waals surface area contributed by atoms with Gasteiger partial charge >= 0.3 is 0 Å². The van der Waals surface area contributed by atoms with E-state index in [4.69, 9.17) is 4.74 Å². The number of carbonyl (C=O) groups is 1. The fraction of sp³-hybridized carbons (Fsp3) is 0.235. The molecule has 3 rings (SSSR count). The molecule has 0 amide bonds. The Morgan fingerprint density at radius 1 is 1.38 bits per heavy atom. The van der Waals surface area contributed by atoms with Gasteiger partial charge in [-0.25, -0.2) is 9.97 Å². The van der Waals surface area contributed by atoms with Crippen LogP contribution in [0.1, 0.15) is 16.6 Å². The molecule has 7 nitrogen and oxygen atoms in total. The van der Waals surface area contributed by atoms with Gasteiger partial charge in [-0.05, 0) is 31.2 Å². The first kappa shape index (κ1) is 18.1. The van der Waals surface area contributed by atoms with Crippen LogP contribution in [-0.2, 0) is 4.79 Å². The van der Waals surface area contributed by atoms with Crippen LogP contribution in [0.2, 0.25) is 0 Å². The molecule has 0 spiro atoms. The molecular formula is C17H15N5O2S2. The third-order valence-electron chi connectivity index (χ3n) is 3.51. The number of hydrogen-bond donors (Lipinski definition) is 1. The number of nitrogens with one attached hydrogen (secondary N) is 1. The summed E-state index contributed by atoms with van der Waals surface area (Å²) in [5.74, 6) is 0.420. The van der Waals surface area contributed by atoms with Crippen LogP contribution in [0.5, 0.6) is 5.75 Å². The maximum atomic E-state index is 12.3. The number of ketones is 1. The summed E-state index contributed by atoms with van der Waals surface area (Å²) in [5, 5.41) is 19.1. The van der Waals surface area contributed by atoms with Crippen LogP contribution >= 0.6 is 23.1 Å². The first-order chi connectivity index (χ1) is 12.6. The number of H-pyrrole nitrogens is 1. The largest absolute Gasteiger partial charge is 0.497 e. The number of ether oxygens (including phenoxy) is 1. The predicted octanol–water partition coefficient (Wildman–Crippen LogP) is 3.21. The molecule has 0 fully saturated rings. The van der Waals surface area contributed by atoms with Gasteiger partial charge in [-0.2, -0.15) is 5.26 Å². The van der Waals surface area contributed by atoms with Crippen molar-refractivity contribution in [1.29, 1.82) is 5.26 Å². The van der Waals surface area contributed by atoms with Gasteiger partial charge in [0.05, 0.1) is 18.9 Å². The molecule has 0 saturated carbocycles. The molecule has 0 aliphatic carbocycles. The highest BCUT2D eigenvalue weighted by Crippen LogP contribution is 2.25. The van der Waals surface area contributed by atoms with E-state index < -0.39 is 5.92 Å². The average Bonchev–Trinajstić information content (AvgIpc) is 3.30. The van der Waals surface area contributed by atoms with Gasteiger partial charge in [0.15, 0.2) is 17.5 Å². The van der Waals surface area contributed by atoms with E-state index in [1.807, 2.05) is 42.6 Å². The van der Waals surface area contributed by atoms with Gasteiger partial charge in [0.25, 0.3) is 0 Å². The molecule has 0 radical (unpaired) electrons. The molecule has 0 bridgehead atoms. The minimum atomic E-state index is -0.846. The molecule has 2 aromatic heterocycles. The summed E-state index contributed by atoms with van der Waals surface area (Å²) in [6.07, 6.45) is 0. The summed E-state index contributed by atoms with van der Waals surface area (Å²) in [7, 11) is 1.61.